The molecule has 2 N–H and O–H groups in total. The molecular weight excluding hydrogens is 190 g/mol. The van der Waals surface area contributed by atoms with Gasteiger partial charge in [0.25, 0.3) is 0 Å². The molecule has 0 saturated carbocycles. The van der Waals surface area contributed by atoms with Gasteiger partial charge in [0.15, 0.2) is 0 Å². The van der Waals surface area contributed by atoms with E-state index in [9.17, 15) is 5.11 Å². The van der Waals surface area contributed by atoms with E-state index in [1.165, 1.54) is 0 Å². The third-order valence-corrected chi connectivity index (χ3v) is 2.65. The average Bonchev–Trinajstić information content (AvgIpc) is 2.54. The van der Waals surface area contributed by atoms with E-state index in [4.69, 9.17) is 5.11 Å². The fraction of sp³-hybridized carbons (Fsp3) is 0.333. The highest BCUT2D eigenvalue weighted by Gasteiger charge is 2.07. The zero-order valence-corrected chi connectivity index (χ0v) is 8.77. The van der Waals surface area contributed by atoms with Crippen LogP contribution < -0.4 is 0 Å². The molecule has 0 bridgehead atoms. The number of aromatic hydroxyl groups is 1. The molecule has 0 fully saturated rings. The second kappa shape index (κ2) is 3.95. The van der Waals surface area contributed by atoms with Crippen molar-refractivity contribution >= 4 is 10.9 Å². The standard InChI is InChI=1S/C12H15NO2/c1-2-13-10(5-6-14)7-9-8-11(15)3-4-12(9)13/h3-4,7-8,14-15H,2,5-6H2,1H3. The van der Waals surface area contributed by atoms with Crippen molar-refractivity contribution in [1.82, 2.24) is 4.57 Å². The summed E-state index contributed by atoms with van der Waals surface area (Å²) in [5.41, 5.74) is 2.22. The molecule has 0 radical (unpaired) electrons. The molecule has 3 nitrogen and oxygen atoms in total. The van der Waals surface area contributed by atoms with Gasteiger partial charge >= 0.3 is 0 Å². The van der Waals surface area contributed by atoms with E-state index in [1.54, 1.807) is 12.1 Å². The summed E-state index contributed by atoms with van der Waals surface area (Å²) in [6, 6.07) is 7.38. The van der Waals surface area contributed by atoms with Crippen LogP contribution in [0.25, 0.3) is 10.9 Å². The van der Waals surface area contributed by atoms with Crippen molar-refractivity contribution in [2.75, 3.05) is 6.61 Å². The Hall–Kier alpha value is -1.48. The van der Waals surface area contributed by atoms with Crippen molar-refractivity contribution in [2.45, 2.75) is 19.9 Å². The topological polar surface area (TPSA) is 45.4 Å². The largest absolute Gasteiger partial charge is 0.508 e. The normalized spacial score (nSPS) is 11.1. The molecule has 2 aromatic rings. The SMILES string of the molecule is CCn1c(CCO)cc2cc(O)ccc21. The number of fused-ring (bicyclic) bond motifs is 1. The Balaban J connectivity index is 2.62. The predicted molar refractivity (Wildman–Crippen MR) is 60.1 cm³/mol. The third kappa shape index (κ3) is 1.70. The van der Waals surface area contributed by atoms with Crippen LogP contribution in [0.5, 0.6) is 5.75 Å². The summed E-state index contributed by atoms with van der Waals surface area (Å²) in [6.07, 6.45) is 0.656. The smallest absolute Gasteiger partial charge is 0.116 e. The zero-order chi connectivity index (χ0) is 10.8. The summed E-state index contributed by atoms with van der Waals surface area (Å²) >= 11 is 0. The summed E-state index contributed by atoms with van der Waals surface area (Å²) in [6.45, 7) is 3.11. The quantitative estimate of drug-likeness (QED) is 0.803. The molecule has 15 heavy (non-hydrogen) atoms. The lowest BCUT2D eigenvalue weighted by molar-refractivity contribution is 0.296. The second-order valence-electron chi connectivity index (χ2n) is 3.60. The molecule has 0 spiro atoms. The molecule has 2 rings (SSSR count). The minimum absolute atomic E-state index is 0.155. The number of nitrogens with zero attached hydrogens (tertiary/aromatic N) is 1. The van der Waals surface area contributed by atoms with Crippen LogP contribution in [0.3, 0.4) is 0 Å². The van der Waals surface area contributed by atoms with Crippen molar-refractivity contribution in [3.63, 3.8) is 0 Å². The molecule has 0 aliphatic rings. The summed E-state index contributed by atoms with van der Waals surface area (Å²) < 4.78 is 2.16. The summed E-state index contributed by atoms with van der Waals surface area (Å²) in [5.74, 6) is 0.284. The Morgan fingerprint density at radius 2 is 2.07 bits per heavy atom. The summed E-state index contributed by atoms with van der Waals surface area (Å²) in [4.78, 5) is 0. The molecule has 1 aromatic carbocycles. The molecule has 3 heteroatoms. The van der Waals surface area contributed by atoms with Crippen LogP contribution >= 0.6 is 0 Å². The second-order valence-corrected chi connectivity index (χ2v) is 3.60. The van der Waals surface area contributed by atoms with Crippen LogP contribution in [-0.4, -0.2) is 21.4 Å². The van der Waals surface area contributed by atoms with Crippen LogP contribution in [0.15, 0.2) is 24.3 Å². The number of aliphatic hydroxyl groups excluding tert-OH is 1. The van der Waals surface area contributed by atoms with Gasteiger partial charge in [-0.3, -0.25) is 0 Å². The maximum Gasteiger partial charge on any atom is 0.116 e. The Morgan fingerprint density at radius 1 is 1.27 bits per heavy atom. The van der Waals surface area contributed by atoms with Crippen LogP contribution in [-0.2, 0) is 13.0 Å². The van der Waals surface area contributed by atoms with E-state index in [0.717, 1.165) is 23.1 Å². The monoisotopic (exact) mass is 205 g/mol. The number of phenols is 1. The van der Waals surface area contributed by atoms with Crippen LogP contribution in [0.1, 0.15) is 12.6 Å². The van der Waals surface area contributed by atoms with Gasteiger partial charge in [-0.05, 0) is 31.2 Å². The maximum absolute atomic E-state index is 9.37. The molecule has 0 aliphatic carbocycles. The lowest BCUT2D eigenvalue weighted by Crippen LogP contribution is -2.02. The first-order valence-corrected chi connectivity index (χ1v) is 5.18. The van der Waals surface area contributed by atoms with Gasteiger partial charge in [0.2, 0.25) is 0 Å². The van der Waals surface area contributed by atoms with Gasteiger partial charge in [0.1, 0.15) is 5.75 Å². The van der Waals surface area contributed by atoms with Gasteiger partial charge in [-0.1, -0.05) is 0 Å². The van der Waals surface area contributed by atoms with Gasteiger partial charge < -0.3 is 14.8 Å². The Morgan fingerprint density at radius 3 is 2.73 bits per heavy atom. The van der Waals surface area contributed by atoms with E-state index >= 15 is 0 Å². The zero-order valence-electron chi connectivity index (χ0n) is 8.77. The molecule has 0 saturated heterocycles. The number of aliphatic hydroxyl groups is 1. The van der Waals surface area contributed by atoms with E-state index in [-0.39, 0.29) is 12.4 Å². The number of aromatic nitrogens is 1. The highest BCUT2D eigenvalue weighted by atomic mass is 16.3. The van der Waals surface area contributed by atoms with Crippen LogP contribution in [0.2, 0.25) is 0 Å². The van der Waals surface area contributed by atoms with Crippen LogP contribution in [0, 0.1) is 0 Å². The number of aryl methyl sites for hydroxylation is 1. The fourth-order valence-corrected chi connectivity index (χ4v) is 2.01. The third-order valence-electron chi connectivity index (χ3n) is 2.65. The average molecular weight is 205 g/mol. The Bertz CT molecular complexity index is 474. The van der Waals surface area contributed by atoms with Gasteiger partial charge in [-0.15, -0.1) is 0 Å². The number of phenolic OH excluding ortho intramolecular Hbond substituents is 1. The maximum atomic E-state index is 9.37. The number of hydrogen-bond donors (Lipinski definition) is 2. The number of benzene rings is 1. The van der Waals surface area contributed by atoms with E-state index < -0.39 is 0 Å². The lowest BCUT2D eigenvalue weighted by atomic mass is 10.2. The Kier molecular flexibility index (Phi) is 2.64. The van der Waals surface area contributed by atoms with Gasteiger partial charge in [-0.25, -0.2) is 0 Å². The van der Waals surface area contributed by atoms with Gasteiger partial charge in [-0.2, -0.15) is 0 Å². The molecule has 0 unspecified atom stereocenters. The molecule has 0 atom stereocenters. The highest BCUT2D eigenvalue weighted by Crippen LogP contribution is 2.24. The van der Waals surface area contributed by atoms with Crippen molar-refractivity contribution < 1.29 is 10.2 Å². The van der Waals surface area contributed by atoms with E-state index in [1.807, 2.05) is 12.1 Å². The number of rotatable bonds is 3. The van der Waals surface area contributed by atoms with E-state index in [2.05, 4.69) is 11.5 Å². The summed E-state index contributed by atoms with van der Waals surface area (Å²) in [5, 5.41) is 19.4. The minimum Gasteiger partial charge on any atom is -0.508 e. The molecule has 1 heterocycles. The first-order chi connectivity index (χ1) is 7.26. The molecule has 0 aliphatic heterocycles. The van der Waals surface area contributed by atoms with Crippen molar-refractivity contribution in [1.29, 1.82) is 0 Å². The lowest BCUT2D eigenvalue weighted by Gasteiger charge is -2.06. The minimum atomic E-state index is 0.155. The molecule has 80 valence electrons. The molecule has 0 amide bonds. The van der Waals surface area contributed by atoms with Crippen molar-refractivity contribution in [2.24, 2.45) is 0 Å². The predicted octanol–water partition coefficient (Wildman–Crippen LogP) is 1.90. The fourth-order valence-electron chi connectivity index (χ4n) is 2.01. The number of hydrogen-bond acceptors (Lipinski definition) is 2. The summed E-state index contributed by atoms with van der Waals surface area (Å²) in [7, 11) is 0. The van der Waals surface area contributed by atoms with Crippen LogP contribution in [0.4, 0.5) is 0 Å². The van der Waals surface area contributed by atoms with Crippen molar-refractivity contribution in [3.8, 4) is 5.75 Å². The highest BCUT2D eigenvalue weighted by molar-refractivity contribution is 5.82. The van der Waals surface area contributed by atoms with Crippen molar-refractivity contribution in [3.05, 3.63) is 30.0 Å². The first-order valence-electron chi connectivity index (χ1n) is 5.18. The first kappa shape index (κ1) is 10.1. The van der Waals surface area contributed by atoms with Gasteiger partial charge in [0.05, 0.1) is 0 Å². The van der Waals surface area contributed by atoms with E-state index in [0.29, 0.717) is 6.42 Å². The molecular formula is C12H15NO2. The Labute approximate surface area is 88.6 Å². The van der Waals surface area contributed by atoms with Gasteiger partial charge in [0, 0.05) is 36.2 Å². The molecule has 1 aromatic heterocycles.